The molecule has 1 heterocycles. The van der Waals surface area contributed by atoms with Crippen LogP contribution in [0.4, 0.5) is 5.69 Å². The van der Waals surface area contributed by atoms with Crippen molar-refractivity contribution in [3.8, 4) is 0 Å². The third kappa shape index (κ3) is 6.33. The maximum absolute atomic E-state index is 12.2. The van der Waals surface area contributed by atoms with Crippen molar-refractivity contribution in [2.24, 2.45) is 11.8 Å². The fraction of sp³-hybridized carbons (Fsp3) is 0.650. The Morgan fingerprint density at radius 3 is 2.44 bits per heavy atom. The number of amides is 1. The van der Waals surface area contributed by atoms with Gasteiger partial charge >= 0.3 is 0 Å². The molecule has 1 saturated heterocycles. The van der Waals surface area contributed by atoms with Gasteiger partial charge in [-0.15, -0.1) is 0 Å². The molecule has 2 N–H and O–H groups in total. The van der Waals surface area contributed by atoms with Crippen molar-refractivity contribution < 1.29 is 14.6 Å². The van der Waals surface area contributed by atoms with Gasteiger partial charge in [-0.25, -0.2) is 0 Å². The van der Waals surface area contributed by atoms with Gasteiger partial charge in [-0.05, 0) is 55.9 Å². The lowest BCUT2D eigenvalue weighted by Crippen LogP contribution is -2.35. The van der Waals surface area contributed by atoms with Gasteiger partial charge in [-0.3, -0.25) is 4.79 Å². The summed E-state index contributed by atoms with van der Waals surface area (Å²) in [5.41, 5.74) is 1.81. The summed E-state index contributed by atoms with van der Waals surface area (Å²) in [7, 11) is 0. The predicted octanol–water partition coefficient (Wildman–Crippen LogP) is 2.69. The van der Waals surface area contributed by atoms with E-state index in [0.29, 0.717) is 30.6 Å². The average Bonchev–Trinajstić information content (AvgIpc) is 2.64. The Kier molecular flexibility index (Phi) is 7.72. The van der Waals surface area contributed by atoms with Gasteiger partial charge < -0.3 is 20.1 Å². The first-order valence-corrected chi connectivity index (χ1v) is 9.35. The smallest absolute Gasteiger partial charge is 0.251 e. The summed E-state index contributed by atoms with van der Waals surface area (Å²) in [6.45, 7) is 9.62. The Balaban J connectivity index is 1.80. The Bertz CT molecular complexity index is 522. The van der Waals surface area contributed by atoms with Crippen LogP contribution in [-0.4, -0.2) is 50.0 Å². The molecule has 140 valence electrons. The van der Waals surface area contributed by atoms with E-state index >= 15 is 0 Å². The molecule has 1 aliphatic heterocycles. The molecule has 1 amide bonds. The molecule has 1 aliphatic rings. The van der Waals surface area contributed by atoms with Gasteiger partial charge in [-0.2, -0.15) is 0 Å². The third-order valence-electron chi connectivity index (χ3n) is 4.63. The van der Waals surface area contributed by atoms with Crippen LogP contribution in [0.25, 0.3) is 0 Å². The highest BCUT2D eigenvalue weighted by molar-refractivity contribution is 5.94. The van der Waals surface area contributed by atoms with Crippen molar-refractivity contribution in [1.82, 2.24) is 5.32 Å². The summed E-state index contributed by atoms with van der Waals surface area (Å²) in [6, 6.07) is 7.77. The van der Waals surface area contributed by atoms with Crippen molar-refractivity contribution in [3.05, 3.63) is 29.8 Å². The van der Waals surface area contributed by atoms with Crippen LogP contribution in [0.2, 0.25) is 0 Å². The molecular formula is C20H32N2O3. The fourth-order valence-electron chi connectivity index (χ4n) is 2.95. The van der Waals surface area contributed by atoms with Crippen molar-refractivity contribution in [1.29, 1.82) is 0 Å². The Hall–Kier alpha value is -1.59. The van der Waals surface area contributed by atoms with Gasteiger partial charge in [0.25, 0.3) is 5.91 Å². The van der Waals surface area contributed by atoms with E-state index in [4.69, 9.17) is 4.74 Å². The second-order valence-corrected chi connectivity index (χ2v) is 7.41. The molecule has 5 heteroatoms. The SMILES string of the molecule is CC(C)COC(C)CNC(=O)c1ccc(N2CCC(CO)CC2)cc1. The monoisotopic (exact) mass is 348 g/mol. The summed E-state index contributed by atoms with van der Waals surface area (Å²) < 4.78 is 5.67. The zero-order chi connectivity index (χ0) is 18.2. The molecule has 0 spiro atoms. The maximum Gasteiger partial charge on any atom is 0.251 e. The first kappa shape index (κ1) is 19.7. The topological polar surface area (TPSA) is 61.8 Å². The largest absolute Gasteiger partial charge is 0.396 e. The number of carbonyl (C=O) groups is 1. The molecule has 0 radical (unpaired) electrons. The first-order valence-electron chi connectivity index (χ1n) is 9.35. The molecule has 5 nitrogen and oxygen atoms in total. The summed E-state index contributed by atoms with van der Waals surface area (Å²) in [5, 5.41) is 12.2. The molecule has 1 atom stereocenters. The van der Waals surface area contributed by atoms with Gasteiger partial charge in [0.1, 0.15) is 0 Å². The number of aliphatic hydroxyl groups is 1. The van der Waals surface area contributed by atoms with E-state index in [0.717, 1.165) is 31.6 Å². The Labute approximate surface area is 151 Å². The summed E-state index contributed by atoms with van der Waals surface area (Å²) in [5.74, 6) is 0.861. The highest BCUT2D eigenvalue weighted by Gasteiger charge is 2.19. The standard InChI is InChI=1S/C20H32N2O3/c1-15(2)14-25-16(3)12-21-20(24)18-4-6-19(7-5-18)22-10-8-17(13-23)9-11-22/h4-7,15-17,23H,8-14H2,1-3H3,(H,21,24). The number of carbonyl (C=O) groups excluding carboxylic acids is 1. The number of benzene rings is 1. The molecule has 0 aromatic heterocycles. The number of hydrogen-bond donors (Lipinski definition) is 2. The number of rotatable bonds is 8. The van der Waals surface area contributed by atoms with Crippen molar-refractivity contribution >= 4 is 11.6 Å². The number of ether oxygens (including phenoxy) is 1. The zero-order valence-corrected chi connectivity index (χ0v) is 15.7. The normalized spacial score (nSPS) is 16.9. The molecule has 0 aliphatic carbocycles. The number of anilines is 1. The second-order valence-electron chi connectivity index (χ2n) is 7.41. The van der Waals surface area contributed by atoms with Gasteiger partial charge in [-0.1, -0.05) is 13.8 Å². The van der Waals surface area contributed by atoms with Crippen LogP contribution < -0.4 is 10.2 Å². The number of nitrogens with zero attached hydrogens (tertiary/aromatic N) is 1. The van der Waals surface area contributed by atoms with Gasteiger partial charge in [0.2, 0.25) is 0 Å². The van der Waals surface area contributed by atoms with Gasteiger partial charge in [0.05, 0.1) is 6.10 Å². The molecule has 1 aromatic rings. The van der Waals surface area contributed by atoms with E-state index in [-0.39, 0.29) is 18.6 Å². The van der Waals surface area contributed by atoms with E-state index in [1.165, 1.54) is 0 Å². The molecule has 25 heavy (non-hydrogen) atoms. The number of hydrogen-bond acceptors (Lipinski definition) is 4. The zero-order valence-electron chi connectivity index (χ0n) is 15.7. The minimum atomic E-state index is -0.0643. The summed E-state index contributed by atoms with van der Waals surface area (Å²) in [6.07, 6.45) is 2.05. The van der Waals surface area contributed by atoms with E-state index in [9.17, 15) is 9.90 Å². The van der Waals surface area contributed by atoms with Crippen LogP contribution in [0.3, 0.4) is 0 Å². The number of nitrogens with one attached hydrogen (secondary N) is 1. The summed E-state index contributed by atoms with van der Waals surface area (Å²) in [4.78, 5) is 14.6. The highest BCUT2D eigenvalue weighted by atomic mass is 16.5. The fourth-order valence-corrected chi connectivity index (χ4v) is 2.95. The minimum Gasteiger partial charge on any atom is -0.396 e. The van der Waals surface area contributed by atoms with Crippen LogP contribution in [0.5, 0.6) is 0 Å². The lowest BCUT2D eigenvalue weighted by molar-refractivity contribution is 0.0461. The van der Waals surface area contributed by atoms with Crippen molar-refractivity contribution in [3.63, 3.8) is 0 Å². The molecule has 1 unspecified atom stereocenters. The van der Waals surface area contributed by atoms with E-state index < -0.39 is 0 Å². The van der Waals surface area contributed by atoms with Gasteiger partial charge in [0.15, 0.2) is 0 Å². The van der Waals surface area contributed by atoms with Crippen LogP contribution in [0.15, 0.2) is 24.3 Å². The quantitative estimate of drug-likeness (QED) is 0.758. The van der Waals surface area contributed by atoms with E-state index in [1.807, 2.05) is 31.2 Å². The van der Waals surface area contributed by atoms with Gasteiger partial charge in [0, 0.05) is 44.1 Å². The lowest BCUT2D eigenvalue weighted by Gasteiger charge is -2.32. The van der Waals surface area contributed by atoms with E-state index in [1.54, 1.807) is 0 Å². The first-order chi connectivity index (χ1) is 12.0. The van der Waals surface area contributed by atoms with Crippen LogP contribution >= 0.6 is 0 Å². The molecular weight excluding hydrogens is 316 g/mol. The highest BCUT2D eigenvalue weighted by Crippen LogP contribution is 2.23. The van der Waals surface area contributed by atoms with Crippen LogP contribution in [-0.2, 0) is 4.74 Å². The predicted molar refractivity (Wildman–Crippen MR) is 101 cm³/mol. The molecule has 2 rings (SSSR count). The third-order valence-corrected chi connectivity index (χ3v) is 4.63. The van der Waals surface area contributed by atoms with Crippen molar-refractivity contribution in [2.75, 3.05) is 37.7 Å². The van der Waals surface area contributed by atoms with E-state index in [2.05, 4.69) is 24.1 Å². The maximum atomic E-state index is 12.2. The van der Waals surface area contributed by atoms with Crippen molar-refractivity contribution in [2.45, 2.75) is 39.7 Å². The molecule has 0 saturated carbocycles. The van der Waals surface area contributed by atoms with Crippen LogP contribution in [0.1, 0.15) is 44.0 Å². The molecule has 1 fully saturated rings. The molecule has 1 aromatic carbocycles. The van der Waals surface area contributed by atoms with Crippen LogP contribution in [0, 0.1) is 11.8 Å². The minimum absolute atomic E-state index is 0.0124. The molecule has 0 bridgehead atoms. The number of piperidine rings is 1. The summed E-state index contributed by atoms with van der Waals surface area (Å²) >= 11 is 0. The lowest BCUT2D eigenvalue weighted by atomic mass is 9.97. The second kappa shape index (κ2) is 9.78. The Morgan fingerprint density at radius 2 is 1.88 bits per heavy atom. The number of aliphatic hydroxyl groups excluding tert-OH is 1. The Morgan fingerprint density at radius 1 is 1.24 bits per heavy atom. The average molecular weight is 348 g/mol.